The summed E-state index contributed by atoms with van der Waals surface area (Å²) in [6, 6.07) is 8.94. The molecule has 0 saturated heterocycles. The van der Waals surface area contributed by atoms with Crippen LogP contribution in [0, 0.1) is 17.2 Å². The Morgan fingerprint density at radius 1 is 1.32 bits per heavy atom. The van der Waals surface area contributed by atoms with Gasteiger partial charge in [-0.2, -0.15) is 9.65 Å². The Morgan fingerprint density at radius 3 is 2.50 bits per heavy atom. The maximum absolute atomic E-state index is 12.9. The topological polar surface area (TPSA) is 50.1 Å². The molecule has 2 rings (SSSR count). The lowest BCUT2D eigenvalue weighted by Gasteiger charge is -2.26. The first kappa shape index (κ1) is 16.2. The first-order chi connectivity index (χ1) is 10.6. The van der Waals surface area contributed by atoms with Crippen LogP contribution in [0.15, 0.2) is 36.2 Å². The largest absolute Gasteiger partial charge is 0.459 e. The molecule has 1 aromatic carbocycles. The van der Waals surface area contributed by atoms with E-state index in [-0.39, 0.29) is 18.0 Å². The molecule has 1 saturated carbocycles. The molecular weight excluding hydrogens is 281 g/mol. The molecule has 1 aliphatic carbocycles. The van der Waals surface area contributed by atoms with Crippen LogP contribution in [-0.4, -0.2) is 12.1 Å². The Balaban J connectivity index is 1.85. The summed E-state index contributed by atoms with van der Waals surface area (Å²) in [6.07, 6.45) is 5.09. The zero-order valence-corrected chi connectivity index (χ0v) is 12.7. The fourth-order valence-electron chi connectivity index (χ4n) is 2.71. The molecule has 0 bridgehead atoms. The van der Waals surface area contributed by atoms with Crippen molar-refractivity contribution >= 4 is 5.97 Å². The van der Waals surface area contributed by atoms with E-state index >= 15 is 0 Å². The van der Waals surface area contributed by atoms with Crippen LogP contribution in [0.2, 0.25) is 0 Å². The van der Waals surface area contributed by atoms with E-state index in [1.54, 1.807) is 12.1 Å². The van der Waals surface area contributed by atoms with Gasteiger partial charge in [0.2, 0.25) is 0 Å². The number of benzene rings is 1. The second-order valence-corrected chi connectivity index (χ2v) is 5.62. The van der Waals surface area contributed by atoms with Crippen LogP contribution in [0.5, 0.6) is 0 Å². The quantitative estimate of drug-likeness (QED) is 0.614. The fourth-order valence-corrected chi connectivity index (χ4v) is 2.71. The molecule has 0 heterocycles. The number of esters is 1. The van der Waals surface area contributed by atoms with Gasteiger partial charge in [-0.05, 0) is 61.8 Å². The van der Waals surface area contributed by atoms with E-state index < -0.39 is 5.83 Å². The summed E-state index contributed by atoms with van der Waals surface area (Å²) in [5.74, 6) is -0.959. The molecule has 0 spiro atoms. The third-order valence-corrected chi connectivity index (χ3v) is 4.08. The smallest absolute Gasteiger partial charge is 0.338 e. The van der Waals surface area contributed by atoms with Crippen LogP contribution >= 0.6 is 0 Å². The van der Waals surface area contributed by atoms with E-state index in [4.69, 9.17) is 10.00 Å². The summed E-state index contributed by atoms with van der Waals surface area (Å²) in [7, 11) is 0. The predicted molar refractivity (Wildman–Crippen MR) is 81.8 cm³/mol. The van der Waals surface area contributed by atoms with Gasteiger partial charge in [-0.1, -0.05) is 19.1 Å². The summed E-state index contributed by atoms with van der Waals surface area (Å²) >= 11 is 0. The van der Waals surface area contributed by atoms with Crippen molar-refractivity contribution in [1.29, 1.82) is 5.26 Å². The number of carbonyl (C=O) groups is 1. The van der Waals surface area contributed by atoms with Gasteiger partial charge in [0, 0.05) is 0 Å². The number of rotatable bonds is 4. The van der Waals surface area contributed by atoms with E-state index in [2.05, 4.69) is 6.92 Å². The summed E-state index contributed by atoms with van der Waals surface area (Å²) < 4.78 is 18.4. The minimum absolute atomic E-state index is 0.0680. The first-order valence-corrected chi connectivity index (χ1v) is 7.69. The molecule has 22 heavy (non-hydrogen) atoms. The highest BCUT2D eigenvalue weighted by molar-refractivity contribution is 5.89. The van der Waals surface area contributed by atoms with Gasteiger partial charge in [-0.15, -0.1) is 0 Å². The number of allylic oxidation sites excluding steroid dienone is 2. The Hall–Kier alpha value is -2.15. The standard InChI is InChI=1S/C18H20FNO2/c1-2-13-3-7-15(8-4-13)18(21)22-17-9-5-14(6-10-17)11-16(19)12-20/h3-4,7-8,11,14,17H,2,5-6,9-10H2,1H3. The molecule has 3 nitrogen and oxygen atoms in total. The zero-order valence-electron chi connectivity index (χ0n) is 12.7. The van der Waals surface area contributed by atoms with Gasteiger partial charge < -0.3 is 4.74 Å². The number of nitrogens with zero attached hydrogens (tertiary/aromatic N) is 1. The summed E-state index contributed by atoms with van der Waals surface area (Å²) in [6.45, 7) is 2.06. The van der Waals surface area contributed by atoms with E-state index in [9.17, 15) is 9.18 Å². The third kappa shape index (κ3) is 4.42. The molecule has 1 fully saturated rings. The van der Waals surface area contributed by atoms with Gasteiger partial charge >= 0.3 is 5.97 Å². The van der Waals surface area contributed by atoms with Gasteiger partial charge in [-0.3, -0.25) is 0 Å². The zero-order chi connectivity index (χ0) is 15.9. The first-order valence-electron chi connectivity index (χ1n) is 7.69. The summed E-state index contributed by atoms with van der Waals surface area (Å²) in [4.78, 5) is 12.1. The average molecular weight is 301 g/mol. The van der Waals surface area contributed by atoms with E-state index in [0.717, 1.165) is 19.3 Å². The SMILES string of the molecule is CCc1ccc(C(=O)OC2CCC(C=C(F)C#N)CC2)cc1. The molecule has 0 aromatic heterocycles. The number of hydrogen-bond donors (Lipinski definition) is 0. The minimum Gasteiger partial charge on any atom is -0.459 e. The Bertz CT molecular complexity index is 578. The van der Waals surface area contributed by atoms with Crippen LogP contribution in [0.3, 0.4) is 0 Å². The number of hydrogen-bond acceptors (Lipinski definition) is 3. The van der Waals surface area contributed by atoms with Gasteiger partial charge in [-0.25, -0.2) is 4.79 Å². The van der Waals surface area contributed by atoms with Crippen molar-refractivity contribution in [3.63, 3.8) is 0 Å². The van der Waals surface area contributed by atoms with Gasteiger partial charge in [0.25, 0.3) is 0 Å². The summed E-state index contributed by atoms with van der Waals surface area (Å²) in [5.41, 5.74) is 1.75. The molecule has 1 aliphatic rings. The molecule has 1 aromatic rings. The lowest BCUT2D eigenvalue weighted by Crippen LogP contribution is -2.24. The molecule has 0 radical (unpaired) electrons. The van der Waals surface area contributed by atoms with Crippen molar-refractivity contribution in [2.45, 2.75) is 45.1 Å². The molecule has 4 heteroatoms. The van der Waals surface area contributed by atoms with E-state index in [1.807, 2.05) is 12.1 Å². The minimum atomic E-state index is -0.726. The van der Waals surface area contributed by atoms with Crippen molar-refractivity contribution < 1.29 is 13.9 Å². The van der Waals surface area contributed by atoms with Crippen molar-refractivity contribution in [1.82, 2.24) is 0 Å². The molecule has 0 amide bonds. The number of ether oxygens (including phenoxy) is 1. The number of carbonyl (C=O) groups excluding carboxylic acids is 1. The van der Waals surface area contributed by atoms with Crippen molar-refractivity contribution in [2.24, 2.45) is 5.92 Å². The van der Waals surface area contributed by atoms with Crippen LogP contribution in [0.1, 0.15) is 48.5 Å². The number of halogens is 1. The van der Waals surface area contributed by atoms with Crippen molar-refractivity contribution in [3.05, 3.63) is 47.3 Å². The Morgan fingerprint density at radius 2 is 1.95 bits per heavy atom. The fraction of sp³-hybridized carbons (Fsp3) is 0.444. The predicted octanol–water partition coefficient (Wildman–Crippen LogP) is 4.34. The average Bonchev–Trinajstić information content (AvgIpc) is 2.56. The highest BCUT2D eigenvalue weighted by atomic mass is 19.1. The van der Waals surface area contributed by atoms with E-state index in [0.29, 0.717) is 18.4 Å². The highest BCUT2D eigenvalue weighted by Crippen LogP contribution is 2.28. The summed E-state index contributed by atoms with van der Waals surface area (Å²) in [5, 5.41) is 8.44. The Kier molecular flexibility index (Phi) is 5.71. The van der Waals surface area contributed by atoms with Crippen LogP contribution in [-0.2, 0) is 11.2 Å². The highest BCUT2D eigenvalue weighted by Gasteiger charge is 2.23. The molecule has 0 unspecified atom stereocenters. The molecular formula is C18H20FNO2. The maximum atomic E-state index is 12.9. The maximum Gasteiger partial charge on any atom is 0.338 e. The molecule has 116 valence electrons. The second kappa shape index (κ2) is 7.74. The van der Waals surface area contributed by atoms with Crippen LogP contribution < -0.4 is 0 Å². The molecule has 0 atom stereocenters. The van der Waals surface area contributed by atoms with Gasteiger partial charge in [0.1, 0.15) is 12.2 Å². The van der Waals surface area contributed by atoms with Crippen LogP contribution in [0.25, 0.3) is 0 Å². The molecule has 0 aliphatic heterocycles. The monoisotopic (exact) mass is 301 g/mol. The van der Waals surface area contributed by atoms with Gasteiger partial charge in [0.05, 0.1) is 5.56 Å². The van der Waals surface area contributed by atoms with Crippen molar-refractivity contribution in [2.75, 3.05) is 0 Å². The third-order valence-electron chi connectivity index (χ3n) is 4.08. The Labute approximate surface area is 130 Å². The second-order valence-electron chi connectivity index (χ2n) is 5.62. The van der Waals surface area contributed by atoms with Gasteiger partial charge in [0.15, 0.2) is 5.83 Å². The normalized spacial score (nSPS) is 22.0. The lowest BCUT2D eigenvalue weighted by molar-refractivity contribution is 0.0184. The molecule has 0 N–H and O–H groups in total. The van der Waals surface area contributed by atoms with Crippen molar-refractivity contribution in [3.8, 4) is 6.07 Å². The van der Waals surface area contributed by atoms with Crippen LogP contribution in [0.4, 0.5) is 4.39 Å². The van der Waals surface area contributed by atoms with E-state index in [1.165, 1.54) is 17.7 Å². The number of aryl methyl sites for hydroxylation is 1. The lowest BCUT2D eigenvalue weighted by atomic mass is 9.87. The number of nitriles is 1.